The molecule has 0 unspecified atom stereocenters. The molecule has 6 rings (SSSR count). The van der Waals surface area contributed by atoms with Crippen molar-refractivity contribution in [3.8, 4) is 23.1 Å². The standard InChI is InChI=1S/C29H33N3O4/c1-20-12-21-4-5-23(14-22(21)13-20)36-28-24-15-26(33-2)27(16-25(24)30-19-31-28)35-11-3-8-32-9-6-29(7-10-32)17-34-18-29/h4-5,13-16,19H,3,6-12,17-18H2,1-2H3. The second-order valence-electron chi connectivity index (χ2n) is 10.4. The molecule has 2 saturated heterocycles. The second kappa shape index (κ2) is 9.71. The van der Waals surface area contributed by atoms with Crippen LogP contribution in [0.25, 0.3) is 17.0 Å². The van der Waals surface area contributed by atoms with Gasteiger partial charge in [0.2, 0.25) is 5.88 Å². The van der Waals surface area contributed by atoms with Gasteiger partial charge in [-0.25, -0.2) is 9.97 Å². The molecule has 3 heterocycles. The minimum absolute atomic E-state index is 0.479. The van der Waals surface area contributed by atoms with Gasteiger partial charge in [0, 0.05) is 18.0 Å². The minimum atomic E-state index is 0.479. The van der Waals surface area contributed by atoms with Crippen molar-refractivity contribution in [2.24, 2.45) is 5.41 Å². The van der Waals surface area contributed by atoms with Gasteiger partial charge in [-0.1, -0.05) is 17.7 Å². The van der Waals surface area contributed by atoms with Crippen LogP contribution in [0.1, 0.15) is 37.3 Å². The lowest BCUT2D eigenvalue weighted by molar-refractivity contribution is -0.139. The van der Waals surface area contributed by atoms with E-state index in [2.05, 4.69) is 40.0 Å². The van der Waals surface area contributed by atoms with Crippen LogP contribution in [0.15, 0.2) is 42.2 Å². The fourth-order valence-corrected chi connectivity index (χ4v) is 5.46. The number of ether oxygens (including phenoxy) is 4. The predicted octanol–water partition coefficient (Wildman–Crippen LogP) is 5.27. The molecule has 0 amide bonds. The Labute approximate surface area is 212 Å². The van der Waals surface area contributed by atoms with Crippen LogP contribution >= 0.6 is 0 Å². The van der Waals surface area contributed by atoms with Gasteiger partial charge in [-0.15, -0.1) is 0 Å². The van der Waals surface area contributed by atoms with Gasteiger partial charge in [0.05, 0.1) is 37.8 Å². The fourth-order valence-electron chi connectivity index (χ4n) is 5.46. The van der Waals surface area contributed by atoms with Gasteiger partial charge < -0.3 is 23.8 Å². The molecule has 0 N–H and O–H groups in total. The highest BCUT2D eigenvalue weighted by Gasteiger charge is 2.40. The average molecular weight is 488 g/mol. The number of hydrogen-bond acceptors (Lipinski definition) is 7. The molecule has 2 aromatic carbocycles. The summed E-state index contributed by atoms with van der Waals surface area (Å²) in [5, 5.41) is 0.788. The Morgan fingerprint density at radius 3 is 2.69 bits per heavy atom. The number of hydrogen-bond donors (Lipinski definition) is 0. The molecule has 3 aromatic rings. The summed E-state index contributed by atoms with van der Waals surface area (Å²) in [5.41, 5.74) is 5.13. The quantitative estimate of drug-likeness (QED) is 0.401. The molecule has 1 spiro atoms. The molecule has 1 aromatic heterocycles. The lowest BCUT2D eigenvalue weighted by Crippen LogP contribution is -2.51. The molecule has 7 heteroatoms. The van der Waals surface area contributed by atoms with Crippen LogP contribution < -0.4 is 14.2 Å². The number of rotatable bonds is 8. The number of likely N-dealkylation sites (tertiary alicyclic amines) is 1. The molecule has 3 aliphatic rings. The van der Waals surface area contributed by atoms with Crippen LogP contribution in [0.4, 0.5) is 0 Å². The Hall–Kier alpha value is -3.16. The number of aromatic nitrogens is 2. The van der Waals surface area contributed by atoms with E-state index < -0.39 is 0 Å². The Morgan fingerprint density at radius 2 is 1.92 bits per heavy atom. The molecule has 2 fully saturated rings. The van der Waals surface area contributed by atoms with E-state index in [0.29, 0.717) is 29.4 Å². The summed E-state index contributed by atoms with van der Waals surface area (Å²) in [4.78, 5) is 11.4. The Morgan fingerprint density at radius 1 is 1.06 bits per heavy atom. The first-order valence-electron chi connectivity index (χ1n) is 12.8. The summed E-state index contributed by atoms with van der Waals surface area (Å²) < 4.78 is 23.4. The monoisotopic (exact) mass is 487 g/mol. The molecule has 36 heavy (non-hydrogen) atoms. The SMILES string of the molecule is COc1cc2c(Oc3ccc4c(c3)C=C(C)C4)ncnc2cc1OCCCN1CCC2(CC1)COC2. The van der Waals surface area contributed by atoms with Crippen LogP contribution in [-0.2, 0) is 11.2 Å². The molecular weight excluding hydrogens is 454 g/mol. The van der Waals surface area contributed by atoms with Gasteiger partial charge in [-0.2, -0.15) is 0 Å². The molecule has 0 saturated carbocycles. The summed E-state index contributed by atoms with van der Waals surface area (Å²) >= 11 is 0. The predicted molar refractivity (Wildman–Crippen MR) is 139 cm³/mol. The number of piperidine rings is 1. The molecule has 1 aliphatic carbocycles. The first-order chi connectivity index (χ1) is 17.6. The van der Waals surface area contributed by atoms with Gasteiger partial charge in [0.15, 0.2) is 11.5 Å². The van der Waals surface area contributed by atoms with E-state index in [9.17, 15) is 0 Å². The Kier molecular flexibility index (Phi) is 6.27. The summed E-state index contributed by atoms with van der Waals surface area (Å²) in [5.74, 6) is 2.60. The number of nitrogens with zero attached hydrogens (tertiary/aromatic N) is 3. The summed E-state index contributed by atoms with van der Waals surface area (Å²) in [7, 11) is 1.65. The number of methoxy groups -OCH3 is 1. The third kappa shape index (κ3) is 4.65. The highest BCUT2D eigenvalue weighted by molar-refractivity contribution is 5.87. The van der Waals surface area contributed by atoms with Crippen molar-refractivity contribution in [2.45, 2.75) is 32.6 Å². The van der Waals surface area contributed by atoms with Crippen molar-refractivity contribution in [1.29, 1.82) is 0 Å². The van der Waals surface area contributed by atoms with E-state index in [4.69, 9.17) is 18.9 Å². The molecule has 0 bridgehead atoms. The first-order valence-corrected chi connectivity index (χ1v) is 12.8. The second-order valence-corrected chi connectivity index (χ2v) is 10.4. The lowest BCUT2D eigenvalue weighted by Gasteiger charge is -2.47. The van der Waals surface area contributed by atoms with E-state index in [0.717, 1.165) is 62.3 Å². The normalized spacial score (nSPS) is 18.6. The van der Waals surface area contributed by atoms with E-state index in [-0.39, 0.29) is 0 Å². The largest absolute Gasteiger partial charge is 0.493 e. The van der Waals surface area contributed by atoms with Crippen LogP contribution in [0.2, 0.25) is 0 Å². The fraction of sp³-hybridized carbons (Fsp3) is 0.448. The van der Waals surface area contributed by atoms with Gasteiger partial charge in [0.1, 0.15) is 12.1 Å². The van der Waals surface area contributed by atoms with Crippen LogP contribution in [0.5, 0.6) is 23.1 Å². The van der Waals surface area contributed by atoms with E-state index in [1.54, 1.807) is 7.11 Å². The molecule has 7 nitrogen and oxygen atoms in total. The summed E-state index contributed by atoms with van der Waals surface area (Å²) in [6.07, 6.45) is 8.20. The van der Waals surface area contributed by atoms with Crippen molar-refractivity contribution in [3.05, 3.63) is 53.4 Å². The zero-order valence-electron chi connectivity index (χ0n) is 21.1. The maximum Gasteiger partial charge on any atom is 0.230 e. The van der Waals surface area contributed by atoms with Gasteiger partial charge in [0.25, 0.3) is 0 Å². The Bertz CT molecular complexity index is 1290. The van der Waals surface area contributed by atoms with Crippen LogP contribution in [-0.4, -0.2) is 61.4 Å². The third-order valence-electron chi connectivity index (χ3n) is 7.70. The van der Waals surface area contributed by atoms with Crippen molar-refractivity contribution < 1.29 is 18.9 Å². The van der Waals surface area contributed by atoms with Crippen molar-refractivity contribution in [2.75, 3.05) is 46.6 Å². The summed E-state index contributed by atoms with van der Waals surface area (Å²) in [6, 6.07) is 10.0. The lowest BCUT2D eigenvalue weighted by atomic mass is 9.77. The maximum atomic E-state index is 6.19. The number of allylic oxidation sites excluding steroid dienone is 1. The molecule has 0 atom stereocenters. The summed E-state index contributed by atoms with van der Waals surface area (Å²) in [6.45, 7) is 8.03. The van der Waals surface area contributed by atoms with Gasteiger partial charge in [-0.05, 0) is 75.0 Å². The molecule has 188 valence electrons. The number of fused-ring (bicyclic) bond motifs is 2. The van der Waals surface area contributed by atoms with Gasteiger partial charge >= 0.3 is 0 Å². The number of benzene rings is 2. The van der Waals surface area contributed by atoms with Crippen LogP contribution in [0, 0.1) is 5.41 Å². The van der Waals surface area contributed by atoms with Crippen molar-refractivity contribution in [3.63, 3.8) is 0 Å². The van der Waals surface area contributed by atoms with Crippen molar-refractivity contribution >= 4 is 17.0 Å². The average Bonchev–Trinajstić information content (AvgIpc) is 3.25. The molecule has 0 radical (unpaired) electrons. The first kappa shape index (κ1) is 23.3. The minimum Gasteiger partial charge on any atom is -0.493 e. The maximum absolute atomic E-state index is 6.19. The van der Waals surface area contributed by atoms with Gasteiger partial charge in [-0.3, -0.25) is 0 Å². The third-order valence-corrected chi connectivity index (χ3v) is 7.70. The molecular formula is C29H33N3O4. The highest BCUT2D eigenvalue weighted by Crippen LogP contribution is 2.39. The van der Waals surface area contributed by atoms with E-state index >= 15 is 0 Å². The zero-order valence-corrected chi connectivity index (χ0v) is 21.1. The zero-order chi connectivity index (χ0) is 24.5. The topological polar surface area (TPSA) is 65.9 Å². The van der Waals surface area contributed by atoms with E-state index in [1.165, 1.54) is 35.9 Å². The smallest absolute Gasteiger partial charge is 0.230 e. The van der Waals surface area contributed by atoms with Crippen LogP contribution in [0.3, 0.4) is 0 Å². The van der Waals surface area contributed by atoms with E-state index in [1.807, 2.05) is 18.2 Å². The Balaban J connectivity index is 1.11. The highest BCUT2D eigenvalue weighted by atomic mass is 16.5. The molecule has 2 aliphatic heterocycles. The van der Waals surface area contributed by atoms with Crippen molar-refractivity contribution in [1.82, 2.24) is 14.9 Å².